The molecule has 0 aliphatic heterocycles. The summed E-state index contributed by atoms with van der Waals surface area (Å²) in [5.41, 5.74) is 3.73. The number of hydrogen-bond acceptors (Lipinski definition) is 6. The third-order valence-corrected chi connectivity index (χ3v) is 10.3. The Morgan fingerprint density at radius 3 is 1.94 bits per heavy atom. The molecule has 0 fully saturated rings. The van der Waals surface area contributed by atoms with Gasteiger partial charge >= 0.3 is 0 Å². The average molecular weight is 587 g/mol. The van der Waals surface area contributed by atoms with E-state index in [0.29, 0.717) is 10.9 Å². The second-order valence-electron chi connectivity index (χ2n) is 7.47. The fourth-order valence-electron chi connectivity index (χ4n) is 4.78. The van der Waals surface area contributed by atoms with Gasteiger partial charge in [0.1, 0.15) is 5.52 Å². The van der Waals surface area contributed by atoms with Crippen LogP contribution in [0.2, 0.25) is 0 Å². The molecule has 5 nitrogen and oxygen atoms in total. The van der Waals surface area contributed by atoms with Crippen molar-refractivity contribution in [1.29, 1.82) is 0 Å². The molecule has 8 rings (SSSR count). The van der Waals surface area contributed by atoms with Crippen LogP contribution in [0.4, 0.5) is 0 Å². The van der Waals surface area contributed by atoms with E-state index in [1.54, 1.807) is 49.0 Å². The molecule has 0 saturated carbocycles. The first-order valence-electron chi connectivity index (χ1n) is 9.18. The first kappa shape index (κ1) is 17.4. The minimum atomic E-state index is -0.142. The van der Waals surface area contributed by atoms with Crippen molar-refractivity contribution in [2.45, 2.75) is 0 Å². The van der Waals surface area contributed by atoms with E-state index in [1.165, 1.54) is 0 Å². The van der Waals surface area contributed by atoms with Gasteiger partial charge in [-0.2, -0.15) is 0 Å². The summed E-state index contributed by atoms with van der Waals surface area (Å²) in [6.45, 7) is 0. The van der Waals surface area contributed by atoms with Crippen LogP contribution in [0.25, 0.3) is 62.5 Å². The van der Waals surface area contributed by atoms with Crippen LogP contribution in [0.15, 0.2) is 47.6 Å². The monoisotopic (exact) mass is 585 g/mol. The third kappa shape index (κ3) is 1.91. The van der Waals surface area contributed by atoms with Crippen LogP contribution in [0.1, 0.15) is 0 Å². The van der Waals surface area contributed by atoms with Crippen molar-refractivity contribution in [3.8, 4) is 0 Å². The lowest BCUT2D eigenvalue weighted by Crippen LogP contribution is -2.15. The minimum Gasteiger partial charge on any atom is -0.274 e. The molecule has 8 aromatic heterocycles. The van der Waals surface area contributed by atoms with Gasteiger partial charge < -0.3 is 0 Å². The van der Waals surface area contributed by atoms with Gasteiger partial charge in [0.15, 0.2) is 0 Å². The Morgan fingerprint density at radius 2 is 1.29 bits per heavy atom. The average Bonchev–Trinajstić information content (AvgIpc) is 3.49. The molecule has 0 amide bonds. The van der Waals surface area contributed by atoms with Crippen molar-refractivity contribution < 1.29 is 0 Å². The SMILES string of the molecule is O=c1c2cnc3c(=O)n4c5cc(Br)sc5cc4c4sc(c2c34)c2cc3sc(Br)cc3n12. The van der Waals surface area contributed by atoms with Crippen molar-refractivity contribution >= 4 is 128 Å². The molecule has 0 N–H and O–H groups in total. The highest BCUT2D eigenvalue weighted by molar-refractivity contribution is 9.11. The van der Waals surface area contributed by atoms with E-state index in [4.69, 9.17) is 0 Å². The Kier molecular flexibility index (Phi) is 3.06. The number of hydrogen-bond donors (Lipinski definition) is 0. The Bertz CT molecular complexity index is 2030. The summed E-state index contributed by atoms with van der Waals surface area (Å²) < 4.78 is 9.64. The van der Waals surface area contributed by atoms with Crippen LogP contribution in [0.5, 0.6) is 0 Å². The van der Waals surface area contributed by atoms with E-state index in [9.17, 15) is 9.59 Å². The molecular weight excluding hydrogens is 582 g/mol. The Labute approximate surface area is 199 Å². The molecule has 31 heavy (non-hydrogen) atoms. The normalized spacial score (nSPS) is 13.1. The maximum absolute atomic E-state index is 13.5. The molecule has 0 spiro atoms. The van der Waals surface area contributed by atoms with E-state index >= 15 is 0 Å². The molecule has 0 aliphatic rings. The van der Waals surface area contributed by atoms with E-state index in [1.807, 2.05) is 12.1 Å². The van der Waals surface area contributed by atoms with Crippen molar-refractivity contribution in [2.75, 3.05) is 0 Å². The lowest BCUT2D eigenvalue weighted by molar-refractivity contribution is 1.18. The topological polar surface area (TPSA) is 55.8 Å². The standard InChI is InChI=1S/C21H5Br2N3O2S3/c22-13-3-7-11(29-13)1-9-18-15-6(20(27)25(7)9)5-24-17-16(15)19(31-18)10-2-12-8(4-14(23)30-12)26(10)21(17)28/h1-5H. The Balaban J connectivity index is 1.74. The molecule has 0 atom stereocenters. The van der Waals surface area contributed by atoms with Gasteiger partial charge in [0.25, 0.3) is 11.1 Å². The lowest BCUT2D eigenvalue weighted by atomic mass is 10.1. The van der Waals surface area contributed by atoms with Gasteiger partial charge in [-0.05, 0) is 56.1 Å². The van der Waals surface area contributed by atoms with E-state index in [0.717, 1.165) is 59.2 Å². The van der Waals surface area contributed by atoms with Crippen molar-refractivity contribution in [3.05, 3.63) is 58.7 Å². The summed E-state index contributed by atoms with van der Waals surface area (Å²) in [7, 11) is 0. The Morgan fingerprint density at radius 1 is 0.710 bits per heavy atom. The fraction of sp³-hybridized carbons (Fsp3) is 0. The number of pyridine rings is 3. The molecule has 10 heteroatoms. The lowest BCUT2D eigenvalue weighted by Gasteiger charge is -2.04. The van der Waals surface area contributed by atoms with Crippen molar-refractivity contribution in [2.24, 2.45) is 0 Å². The second-order valence-corrected chi connectivity index (χ2v) is 13.4. The largest absolute Gasteiger partial charge is 0.282 e. The number of fused-ring (bicyclic) bond motifs is 8. The van der Waals surface area contributed by atoms with Crippen LogP contribution in [-0.4, -0.2) is 13.8 Å². The predicted molar refractivity (Wildman–Crippen MR) is 138 cm³/mol. The fourth-order valence-corrected chi connectivity index (χ4v) is 9.20. The molecule has 0 aromatic carbocycles. The van der Waals surface area contributed by atoms with Gasteiger partial charge in [-0.1, -0.05) is 0 Å². The van der Waals surface area contributed by atoms with E-state index in [-0.39, 0.29) is 11.1 Å². The zero-order valence-electron chi connectivity index (χ0n) is 15.0. The molecule has 8 heterocycles. The maximum Gasteiger partial charge on any atom is 0.282 e. The molecule has 0 aliphatic carbocycles. The van der Waals surface area contributed by atoms with E-state index < -0.39 is 0 Å². The van der Waals surface area contributed by atoms with Gasteiger partial charge in [0.05, 0.1) is 53.8 Å². The Hall–Kier alpha value is -2.11. The molecule has 0 unspecified atom stereocenters. The van der Waals surface area contributed by atoms with Crippen LogP contribution in [0, 0.1) is 0 Å². The molecule has 148 valence electrons. The quantitative estimate of drug-likeness (QED) is 0.187. The highest BCUT2D eigenvalue weighted by atomic mass is 79.9. The molecule has 0 radical (unpaired) electrons. The predicted octanol–water partition coefficient (Wildman–Crippen LogP) is 6.66. The maximum atomic E-state index is 13.5. The van der Waals surface area contributed by atoms with Crippen molar-refractivity contribution in [1.82, 2.24) is 13.8 Å². The van der Waals surface area contributed by atoms with Gasteiger partial charge in [-0.25, -0.2) is 4.98 Å². The van der Waals surface area contributed by atoms with Gasteiger partial charge in [0, 0.05) is 17.0 Å². The van der Waals surface area contributed by atoms with Crippen LogP contribution >= 0.6 is 65.9 Å². The smallest absolute Gasteiger partial charge is 0.274 e. The van der Waals surface area contributed by atoms with Crippen molar-refractivity contribution in [3.63, 3.8) is 0 Å². The number of nitrogens with zero attached hydrogens (tertiary/aromatic N) is 3. The van der Waals surface area contributed by atoms with Crippen LogP contribution in [0.3, 0.4) is 0 Å². The highest BCUT2D eigenvalue weighted by Gasteiger charge is 2.25. The zero-order chi connectivity index (χ0) is 20.8. The number of thiophene rings is 3. The van der Waals surface area contributed by atoms with Crippen LogP contribution < -0.4 is 11.1 Å². The summed E-state index contributed by atoms with van der Waals surface area (Å²) in [4.78, 5) is 31.5. The highest BCUT2D eigenvalue weighted by Crippen LogP contribution is 2.45. The molecule has 0 saturated heterocycles. The minimum absolute atomic E-state index is 0.0930. The number of halogens is 2. The summed E-state index contributed by atoms with van der Waals surface area (Å²) in [6.07, 6.45) is 1.57. The summed E-state index contributed by atoms with van der Waals surface area (Å²) >= 11 is 11.9. The molecular formula is C21H5Br2N3O2S3. The summed E-state index contributed by atoms with van der Waals surface area (Å²) in [5.74, 6) is 0. The zero-order valence-corrected chi connectivity index (χ0v) is 20.6. The third-order valence-electron chi connectivity index (χ3n) is 5.96. The first-order chi connectivity index (χ1) is 15.0. The molecule has 0 bridgehead atoms. The summed E-state index contributed by atoms with van der Waals surface area (Å²) in [5, 5.41) is 2.22. The van der Waals surface area contributed by atoms with Gasteiger partial charge in [-0.15, -0.1) is 34.0 Å². The van der Waals surface area contributed by atoms with E-state index in [2.05, 4.69) is 49.0 Å². The first-order valence-corrected chi connectivity index (χ1v) is 13.2. The number of aromatic nitrogens is 3. The second kappa shape index (κ2) is 5.44. The molecule has 8 aromatic rings. The van der Waals surface area contributed by atoms with Gasteiger partial charge in [-0.3, -0.25) is 18.4 Å². The summed E-state index contributed by atoms with van der Waals surface area (Å²) in [6, 6.07) is 8.11. The van der Waals surface area contributed by atoms with Crippen LogP contribution in [-0.2, 0) is 0 Å². The number of rotatable bonds is 0. The van der Waals surface area contributed by atoms with Gasteiger partial charge in [0.2, 0.25) is 0 Å².